The van der Waals surface area contributed by atoms with E-state index in [9.17, 15) is 0 Å². The van der Waals surface area contributed by atoms with E-state index in [4.69, 9.17) is 14.6 Å². The minimum Gasteiger partial charge on any atom is -0.454 e. The maximum absolute atomic E-state index is 9.14. The first-order chi connectivity index (χ1) is 7.66. The molecule has 2 rings (SSSR count). The van der Waals surface area contributed by atoms with Gasteiger partial charge in [0.1, 0.15) is 0 Å². The number of aliphatic hydroxyl groups excluding tert-OH is 1. The zero-order valence-corrected chi connectivity index (χ0v) is 10.6. The van der Waals surface area contributed by atoms with Crippen molar-refractivity contribution in [2.75, 3.05) is 13.3 Å². The minimum atomic E-state index is -0.340. The fourth-order valence-electron chi connectivity index (χ4n) is 1.51. The molecule has 1 atom stereocenters. The Kier molecular flexibility index (Phi) is 3.68. The summed E-state index contributed by atoms with van der Waals surface area (Å²) >= 11 is 3.48. The molecule has 5 heteroatoms. The molecule has 0 radical (unpaired) electrons. The van der Waals surface area contributed by atoms with E-state index in [0.717, 1.165) is 21.5 Å². The Morgan fingerprint density at radius 3 is 2.81 bits per heavy atom. The molecule has 4 nitrogen and oxygen atoms in total. The Hall–Kier alpha value is -0.780. The lowest BCUT2D eigenvalue weighted by atomic mass is 10.2. The smallest absolute Gasteiger partial charge is 0.231 e. The van der Waals surface area contributed by atoms with Crippen LogP contribution in [0.1, 0.15) is 12.5 Å². The highest BCUT2D eigenvalue weighted by molar-refractivity contribution is 9.10. The predicted molar refractivity (Wildman–Crippen MR) is 63.7 cm³/mol. The molecule has 1 heterocycles. The third-order valence-corrected chi connectivity index (χ3v) is 3.04. The van der Waals surface area contributed by atoms with Crippen LogP contribution in [0.25, 0.3) is 0 Å². The summed E-state index contributed by atoms with van der Waals surface area (Å²) in [6, 6.07) is 3.85. The molecule has 0 saturated heterocycles. The van der Waals surface area contributed by atoms with E-state index < -0.39 is 0 Å². The van der Waals surface area contributed by atoms with E-state index in [0.29, 0.717) is 13.1 Å². The number of halogens is 1. The second-order valence-electron chi connectivity index (χ2n) is 3.78. The summed E-state index contributed by atoms with van der Waals surface area (Å²) in [5.74, 6) is 1.54. The maximum atomic E-state index is 9.14. The number of hydrogen-bond acceptors (Lipinski definition) is 4. The Labute approximate surface area is 103 Å². The van der Waals surface area contributed by atoms with Gasteiger partial charge in [0, 0.05) is 17.6 Å². The molecule has 0 unspecified atom stereocenters. The van der Waals surface area contributed by atoms with Crippen molar-refractivity contribution in [3.63, 3.8) is 0 Å². The molecule has 0 bridgehead atoms. The normalized spacial score (nSPS) is 15.2. The van der Waals surface area contributed by atoms with E-state index in [2.05, 4.69) is 21.2 Å². The highest BCUT2D eigenvalue weighted by Gasteiger charge is 2.15. The topological polar surface area (TPSA) is 50.7 Å². The molecular formula is C11H14BrNO3. The molecule has 0 fully saturated rings. The zero-order chi connectivity index (χ0) is 11.5. The monoisotopic (exact) mass is 287 g/mol. The highest BCUT2D eigenvalue weighted by Crippen LogP contribution is 2.36. The molecule has 88 valence electrons. The van der Waals surface area contributed by atoms with Gasteiger partial charge in [-0.05, 0) is 24.6 Å². The number of nitrogens with one attached hydrogen (secondary N) is 1. The summed E-state index contributed by atoms with van der Waals surface area (Å²) in [6.07, 6.45) is -0.340. The van der Waals surface area contributed by atoms with Crippen LogP contribution in [0.5, 0.6) is 11.5 Å². The van der Waals surface area contributed by atoms with Gasteiger partial charge in [0.2, 0.25) is 6.79 Å². The average molecular weight is 288 g/mol. The largest absolute Gasteiger partial charge is 0.454 e. The third kappa shape index (κ3) is 2.66. The van der Waals surface area contributed by atoms with Crippen LogP contribution in [0, 0.1) is 0 Å². The number of aliphatic hydroxyl groups is 1. The summed E-state index contributed by atoms with van der Waals surface area (Å²) in [5.41, 5.74) is 1.09. The van der Waals surface area contributed by atoms with Gasteiger partial charge in [-0.15, -0.1) is 0 Å². The van der Waals surface area contributed by atoms with Gasteiger partial charge in [0.25, 0.3) is 0 Å². The van der Waals surface area contributed by atoms with Gasteiger partial charge in [0.15, 0.2) is 11.5 Å². The molecule has 1 aliphatic heterocycles. The van der Waals surface area contributed by atoms with Crippen molar-refractivity contribution >= 4 is 15.9 Å². The van der Waals surface area contributed by atoms with Crippen molar-refractivity contribution in [2.45, 2.75) is 19.6 Å². The van der Waals surface area contributed by atoms with Crippen molar-refractivity contribution < 1.29 is 14.6 Å². The summed E-state index contributed by atoms with van der Waals surface area (Å²) in [7, 11) is 0. The quantitative estimate of drug-likeness (QED) is 0.884. The Balaban J connectivity index is 2.04. The number of rotatable bonds is 4. The zero-order valence-electron chi connectivity index (χ0n) is 9.00. The Morgan fingerprint density at radius 1 is 1.44 bits per heavy atom. The van der Waals surface area contributed by atoms with Gasteiger partial charge in [0.05, 0.1) is 6.10 Å². The summed E-state index contributed by atoms with van der Waals surface area (Å²) < 4.78 is 11.5. The van der Waals surface area contributed by atoms with E-state index in [1.807, 2.05) is 12.1 Å². The van der Waals surface area contributed by atoms with Crippen molar-refractivity contribution in [1.82, 2.24) is 5.32 Å². The predicted octanol–water partition coefficient (Wildman–Crippen LogP) is 1.65. The van der Waals surface area contributed by atoms with E-state index in [1.54, 1.807) is 6.92 Å². The van der Waals surface area contributed by atoms with Gasteiger partial charge in [-0.2, -0.15) is 0 Å². The van der Waals surface area contributed by atoms with Gasteiger partial charge in [-0.1, -0.05) is 15.9 Å². The Bertz CT molecular complexity index is 382. The first-order valence-corrected chi connectivity index (χ1v) is 5.93. The lowest BCUT2D eigenvalue weighted by Gasteiger charge is -2.09. The third-order valence-electron chi connectivity index (χ3n) is 2.30. The van der Waals surface area contributed by atoms with Crippen molar-refractivity contribution in [3.8, 4) is 11.5 Å². The molecule has 0 saturated carbocycles. The molecule has 0 amide bonds. The lowest BCUT2D eigenvalue weighted by molar-refractivity contribution is 0.174. The average Bonchev–Trinajstić information content (AvgIpc) is 2.64. The highest BCUT2D eigenvalue weighted by atomic mass is 79.9. The first-order valence-electron chi connectivity index (χ1n) is 5.13. The van der Waals surface area contributed by atoms with Crippen molar-refractivity contribution in [2.24, 2.45) is 0 Å². The molecule has 1 aromatic rings. The first kappa shape index (κ1) is 11.7. The fraction of sp³-hybridized carbons (Fsp3) is 0.455. The molecule has 0 aliphatic carbocycles. The molecule has 1 aliphatic rings. The minimum absolute atomic E-state index is 0.284. The van der Waals surface area contributed by atoms with Crippen LogP contribution in [0.3, 0.4) is 0 Å². The van der Waals surface area contributed by atoms with Crippen LogP contribution < -0.4 is 14.8 Å². The lowest BCUT2D eigenvalue weighted by Crippen LogP contribution is -2.23. The fourth-order valence-corrected chi connectivity index (χ4v) is 1.97. The van der Waals surface area contributed by atoms with Crippen LogP contribution in [0.2, 0.25) is 0 Å². The van der Waals surface area contributed by atoms with Gasteiger partial charge in [-0.3, -0.25) is 0 Å². The van der Waals surface area contributed by atoms with Gasteiger partial charge < -0.3 is 19.9 Å². The van der Waals surface area contributed by atoms with E-state index >= 15 is 0 Å². The van der Waals surface area contributed by atoms with Crippen LogP contribution in [0.15, 0.2) is 16.6 Å². The summed E-state index contributed by atoms with van der Waals surface area (Å²) in [4.78, 5) is 0. The van der Waals surface area contributed by atoms with Crippen LogP contribution in [-0.4, -0.2) is 24.5 Å². The Morgan fingerprint density at radius 2 is 2.12 bits per heavy atom. The second-order valence-corrected chi connectivity index (χ2v) is 4.63. The van der Waals surface area contributed by atoms with E-state index in [-0.39, 0.29) is 12.9 Å². The molecule has 16 heavy (non-hydrogen) atoms. The van der Waals surface area contributed by atoms with Crippen LogP contribution in [0.4, 0.5) is 0 Å². The number of hydrogen-bond donors (Lipinski definition) is 2. The summed E-state index contributed by atoms with van der Waals surface area (Å²) in [5, 5.41) is 12.3. The molecule has 0 spiro atoms. The van der Waals surface area contributed by atoms with Gasteiger partial charge >= 0.3 is 0 Å². The molecule has 2 N–H and O–H groups in total. The number of ether oxygens (including phenoxy) is 2. The SMILES string of the molecule is C[C@H](O)CNCc1cc2c(cc1Br)OCO2. The molecule has 0 aromatic heterocycles. The molecular weight excluding hydrogens is 274 g/mol. The second kappa shape index (κ2) is 5.03. The number of benzene rings is 1. The summed E-state index contributed by atoms with van der Waals surface area (Å²) in [6.45, 7) is 3.29. The maximum Gasteiger partial charge on any atom is 0.231 e. The van der Waals surface area contributed by atoms with Crippen LogP contribution >= 0.6 is 15.9 Å². The number of fused-ring (bicyclic) bond motifs is 1. The molecule has 1 aromatic carbocycles. The van der Waals surface area contributed by atoms with E-state index in [1.165, 1.54) is 0 Å². The standard InChI is InChI=1S/C11H14BrNO3/c1-7(14)4-13-5-8-2-10-11(3-9(8)12)16-6-15-10/h2-3,7,13-14H,4-6H2,1H3/t7-/m0/s1. The van der Waals surface area contributed by atoms with Crippen molar-refractivity contribution in [3.05, 3.63) is 22.2 Å². The van der Waals surface area contributed by atoms with Crippen molar-refractivity contribution in [1.29, 1.82) is 0 Å². The van der Waals surface area contributed by atoms with Crippen LogP contribution in [-0.2, 0) is 6.54 Å². The van der Waals surface area contributed by atoms with Gasteiger partial charge in [-0.25, -0.2) is 0 Å².